The van der Waals surface area contributed by atoms with Gasteiger partial charge in [-0.15, -0.1) is 0 Å². The molecule has 0 aromatic heterocycles. The summed E-state index contributed by atoms with van der Waals surface area (Å²) in [5.41, 5.74) is 0.208. The van der Waals surface area contributed by atoms with Gasteiger partial charge >= 0.3 is 0 Å². The standard InChI is InChI=1S/C5H6N2O/c6-2-1-5(3-7)4-8/h1-4,6-7H/b5-1+,6-2?,7-3?. The van der Waals surface area contributed by atoms with Gasteiger partial charge in [0.1, 0.15) is 0 Å². The van der Waals surface area contributed by atoms with E-state index in [4.69, 9.17) is 10.8 Å². The van der Waals surface area contributed by atoms with Crippen molar-refractivity contribution in [3.8, 4) is 0 Å². The Balaban J connectivity index is 4.05. The van der Waals surface area contributed by atoms with Crippen molar-refractivity contribution < 1.29 is 4.79 Å². The number of aldehydes is 1. The van der Waals surface area contributed by atoms with E-state index in [1.807, 2.05) is 0 Å². The van der Waals surface area contributed by atoms with Crippen LogP contribution < -0.4 is 0 Å². The van der Waals surface area contributed by atoms with Gasteiger partial charge in [0.05, 0.1) is 0 Å². The Kier molecular flexibility index (Phi) is 3.31. The number of rotatable bonds is 3. The van der Waals surface area contributed by atoms with Crippen LogP contribution in [0.4, 0.5) is 0 Å². The molecule has 0 aliphatic rings. The highest BCUT2D eigenvalue weighted by Crippen LogP contribution is 1.77. The lowest BCUT2D eigenvalue weighted by Gasteiger charge is -1.77. The van der Waals surface area contributed by atoms with Crippen LogP contribution in [0, 0.1) is 10.8 Å². The fourth-order valence-corrected chi connectivity index (χ4v) is 0.218. The van der Waals surface area contributed by atoms with E-state index in [1.165, 1.54) is 6.08 Å². The molecule has 0 saturated carbocycles. The van der Waals surface area contributed by atoms with E-state index in [9.17, 15) is 4.79 Å². The van der Waals surface area contributed by atoms with Crippen LogP contribution in [0.5, 0.6) is 0 Å². The zero-order valence-electron chi connectivity index (χ0n) is 4.22. The van der Waals surface area contributed by atoms with Crippen LogP contribution in [-0.2, 0) is 4.79 Å². The predicted molar refractivity (Wildman–Crippen MR) is 31.7 cm³/mol. The van der Waals surface area contributed by atoms with Gasteiger partial charge in [-0.3, -0.25) is 4.79 Å². The lowest BCUT2D eigenvalue weighted by Crippen LogP contribution is -1.83. The summed E-state index contributed by atoms with van der Waals surface area (Å²) in [5, 5.41) is 13.0. The quantitative estimate of drug-likeness (QED) is 0.308. The highest BCUT2D eigenvalue weighted by Gasteiger charge is 1.81. The van der Waals surface area contributed by atoms with Crippen LogP contribution in [-0.4, -0.2) is 18.7 Å². The Bertz CT molecular complexity index is 127. The van der Waals surface area contributed by atoms with Crippen molar-refractivity contribution >= 4 is 18.7 Å². The van der Waals surface area contributed by atoms with Gasteiger partial charge in [0.25, 0.3) is 0 Å². The van der Waals surface area contributed by atoms with E-state index in [1.54, 1.807) is 0 Å². The number of carbonyl (C=O) groups excluding carboxylic acids is 1. The average Bonchev–Trinajstić information content (AvgIpc) is 1.83. The molecule has 0 rings (SSSR count). The van der Waals surface area contributed by atoms with E-state index in [-0.39, 0.29) is 5.57 Å². The van der Waals surface area contributed by atoms with Crippen molar-refractivity contribution in [2.75, 3.05) is 0 Å². The summed E-state index contributed by atoms with van der Waals surface area (Å²) in [6, 6.07) is 0. The lowest BCUT2D eigenvalue weighted by atomic mass is 10.3. The minimum Gasteiger partial charge on any atom is -0.309 e. The molecule has 0 heterocycles. The van der Waals surface area contributed by atoms with Crippen molar-refractivity contribution in [1.29, 1.82) is 10.8 Å². The summed E-state index contributed by atoms with van der Waals surface area (Å²) in [6.45, 7) is 0. The summed E-state index contributed by atoms with van der Waals surface area (Å²) in [7, 11) is 0. The molecule has 0 unspecified atom stereocenters. The first-order valence-electron chi connectivity index (χ1n) is 2.01. The van der Waals surface area contributed by atoms with Crippen LogP contribution >= 0.6 is 0 Å². The van der Waals surface area contributed by atoms with Crippen molar-refractivity contribution in [3.05, 3.63) is 11.6 Å². The molecule has 0 amide bonds. The number of allylic oxidation sites excluding steroid dienone is 2. The molecule has 0 spiro atoms. The highest BCUT2D eigenvalue weighted by molar-refractivity contribution is 6.03. The fraction of sp³-hybridized carbons (Fsp3) is 0. The molecule has 2 N–H and O–H groups in total. The molecule has 0 atom stereocenters. The molecule has 42 valence electrons. The second-order valence-corrected chi connectivity index (χ2v) is 1.10. The lowest BCUT2D eigenvalue weighted by molar-refractivity contribution is -0.104. The molecule has 3 heteroatoms. The Morgan fingerprint density at radius 2 is 2.00 bits per heavy atom. The first kappa shape index (κ1) is 6.75. The zero-order chi connectivity index (χ0) is 6.41. The number of hydrogen-bond donors (Lipinski definition) is 2. The van der Waals surface area contributed by atoms with Crippen LogP contribution in [0.2, 0.25) is 0 Å². The zero-order valence-corrected chi connectivity index (χ0v) is 4.22. The minimum absolute atomic E-state index is 0.208. The molecule has 0 saturated heterocycles. The number of nitrogens with one attached hydrogen (secondary N) is 2. The van der Waals surface area contributed by atoms with Crippen molar-refractivity contribution in [3.63, 3.8) is 0 Å². The minimum atomic E-state index is 0.208. The molecule has 8 heavy (non-hydrogen) atoms. The molecular weight excluding hydrogens is 104 g/mol. The van der Waals surface area contributed by atoms with E-state index >= 15 is 0 Å². The van der Waals surface area contributed by atoms with Gasteiger partial charge in [-0.2, -0.15) is 0 Å². The molecular formula is C5H6N2O. The largest absolute Gasteiger partial charge is 0.309 e. The molecule has 0 aromatic carbocycles. The molecule has 3 nitrogen and oxygen atoms in total. The molecule has 0 aliphatic carbocycles. The third-order valence-electron chi connectivity index (χ3n) is 0.579. The second-order valence-electron chi connectivity index (χ2n) is 1.10. The van der Waals surface area contributed by atoms with Crippen LogP contribution in [0.25, 0.3) is 0 Å². The third kappa shape index (κ3) is 2.02. The van der Waals surface area contributed by atoms with Gasteiger partial charge in [-0.1, -0.05) is 0 Å². The predicted octanol–water partition coefficient (Wildman–Crippen LogP) is 0.411. The normalized spacial score (nSPS) is 10.2. The van der Waals surface area contributed by atoms with Gasteiger partial charge in [0.2, 0.25) is 0 Å². The topological polar surface area (TPSA) is 64.8 Å². The van der Waals surface area contributed by atoms with Gasteiger partial charge in [-0.05, 0) is 6.08 Å². The second kappa shape index (κ2) is 3.92. The molecule has 0 bridgehead atoms. The summed E-state index contributed by atoms with van der Waals surface area (Å²) < 4.78 is 0. The Morgan fingerprint density at radius 3 is 2.12 bits per heavy atom. The van der Waals surface area contributed by atoms with Crippen LogP contribution in [0.3, 0.4) is 0 Å². The van der Waals surface area contributed by atoms with Gasteiger partial charge in [0, 0.05) is 18.0 Å². The summed E-state index contributed by atoms with van der Waals surface area (Å²) >= 11 is 0. The van der Waals surface area contributed by atoms with Crippen LogP contribution in [0.15, 0.2) is 11.6 Å². The molecule has 0 aliphatic heterocycles. The maximum atomic E-state index is 9.80. The molecule has 0 aromatic rings. The van der Waals surface area contributed by atoms with Gasteiger partial charge in [-0.25, -0.2) is 0 Å². The van der Waals surface area contributed by atoms with Gasteiger partial charge in [0.15, 0.2) is 6.29 Å². The Hall–Kier alpha value is -1.25. The van der Waals surface area contributed by atoms with E-state index < -0.39 is 0 Å². The fourth-order valence-electron chi connectivity index (χ4n) is 0.218. The third-order valence-corrected chi connectivity index (χ3v) is 0.579. The maximum absolute atomic E-state index is 9.80. The Morgan fingerprint density at radius 1 is 1.38 bits per heavy atom. The maximum Gasteiger partial charge on any atom is 0.151 e. The smallest absolute Gasteiger partial charge is 0.151 e. The monoisotopic (exact) mass is 110 g/mol. The van der Waals surface area contributed by atoms with Gasteiger partial charge < -0.3 is 10.8 Å². The Labute approximate surface area is 47.0 Å². The first-order valence-corrected chi connectivity index (χ1v) is 2.01. The highest BCUT2D eigenvalue weighted by atomic mass is 16.1. The molecule has 0 radical (unpaired) electrons. The summed E-state index contributed by atoms with van der Waals surface area (Å²) in [6.07, 6.45) is 3.64. The van der Waals surface area contributed by atoms with E-state index in [0.29, 0.717) is 6.29 Å². The summed E-state index contributed by atoms with van der Waals surface area (Å²) in [5.74, 6) is 0. The number of hydrogen-bond acceptors (Lipinski definition) is 3. The molecule has 0 fully saturated rings. The van der Waals surface area contributed by atoms with Crippen molar-refractivity contribution in [2.24, 2.45) is 0 Å². The average molecular weight is 110 g/mol. The number of carbonyl (C=O) groups is 1. The van der Waals surface area contributed by atoms with E-state index in [2.05, 4.69) is 0 Å². The SMILES string of the molecule is N=C/C=C(\C=N)C=O. The van der Waals surface area contributed by atoms with Crippen molar-refractivity contribution in [2.45, 2.75) is 0 Å². The summed E-state index contributed by atoms with van der Waals surface area (Å²) in [4.78, 5) is 9.80. The van der Waals surface area contributed by atoms with Crippen LogP contribution in [0.1, 0.15) is 0 Å². The van der Waals surface area contributed by atoms with E-state index in [0.717, 1.165) is 12.4 Å². The van der Waals surface area contributed by atoms with Crippen molar-refractivity contribution in [1.82, 2.24) is 0 Å². The first-order chi connectivity index (χ1) is 3.85.